The lowest BCUT2D eigenvalue weighted by Crippen LogP contribution is -2.44. The van der Waals surface area contributed by atoms with Gasteiger partial charge < -0.3 is 10.2 Å². The van der Waals surface area contributed by atoms with Crippen LogP contribution in [0.1, 0.15) is 25.3 Å². The van der Waals surface area contributed by atoms with Crippen molar-refractivity contribution in [2.45, 2.75) is 31.6 Å². The molecule has 0 unspecified atom stereocenters. The number of amides is 1. The average molecular weight is 480 g/mol. The first-order valence-electron chi connectivity index (χ1n) is 12.0. The topological polar surface area (TPSA) is 69.7 Å². The Kier molecular flexibility index (Phi) is 7.54. The van der Waals surface area contributed by atoms with Gasteiger partial charge in [-0.3, -0.25) is 4.79 Å². The van der Waals surface area contributed by atoms with Gasteiger partial charge in [-0.15, -0.1) is 0 Å². The number of rotatable bonds is 8. The SMILES string of the molecule is CCN(CCNC(=O)C1CCN(S(=O)(=O)c2ccc3ccccc3c2)CC1)c1cccc(C)c1. The van der Waals surface area contributed by atoms with Crippen LogP contribution in [-0.4, -0.2) is 51.4 Å². The van der Waals surface area contributed by atoms with Crippen molar-refractivity contribution in [1.82, 2.24) is 9.62 Å². The van der Waals surface area contributed by atoms with Gasteiger partial charge in [-0.2, -0.15) is 4.31 Å². The summed E-state index contributed by atoms with van der Waals surface area (Å²) in [6.07, 6.45) is 1.07. The molecule has 6 nitrogen and oxygen atoms in total. The number of sulfonamides is 1. The highest BCUT2D eigenvalue weighted by atomic mass is 32.2. The van der Waals surface area contributed by atoms with Crippen LogP contribution in [0.3, 0.4) is 0 Å². The zero-order valence-corrected chi connectivity index (χ0v) is 20.7. The van der Waals surface area contributed by atoms with Gasteiger partial charge in [0.1, 0.15) is 0 Å². The van der Waals surface area contributed by atoms with Gasteiger partial charge in [-0.1, -0.05) is 42.5 Å². The number of hydrogen-bond acceptors (Lipinski definition) is 4. The number of benzene rings is 3. The lowest BCUT2D eigenvalue weighted by Gasteiger charge is -2.31. The maximum absolute atomic E-state index is 13.2. The Labute approximate surface area is 202 Å². The van der Waals surface area contributed by atoms with Gasteiger partial charge in [0, 0.05) is 44.3 Å². The zero-order chi connectivity index (χ0) is 24.1. The third kappa shape index (κ3) is 5.42. The van der Waals surface area contributed by atoms with E-state index in [2.05, 4.69) is 42.3 Å². The van der Waals surface area contributed by atoms with Gasteiger partial charge in [0.2, 0.25) is 15.9 Å². The van der Waals surface area contributed by atoms with Crippen LogP contribution in [0.5, 0.6) is 0 Å². The molecule has 1 N–H and O–H groups in total. The highest BCUT2D eigenvalue weighted by molar-refractivity contribution is 7.89. The first-order chi connectivity index (χ1) is 16.4. The molecule has 1 aliphatic rings. The van der Waals surface area contributed by atoms with Crippen LogP contribution >= 0.6 is 0 Å². The summed E-state index contributed by atoms with van der Waals surface area (Å²) in [7, 11) is -3.57. The number of nitrogens with one attached hydrogen (secondary N) is 1. The van der Waals surface area contributed by atoms with Crippen LogP contribution in [0, 0.1) is 12.8 Å². The van der Waals surface area contributed by atoms with Crippen LogP contribution in [0.15, 0.2) is 71.6 Å². The number of carbonyl (C=O) groups is 1. The number of anilines is 1. The number of fused-ring (bicyclic) bond motifs is 1. The highest BCUT2D eigenvalue weighted by Crippen LogP contribution is 2.26. The van der Waals surface area contributed by atoms with Crippen LogP contribution in [0.4, 0.5) is 5.69 Å². The van der Waals surface area contributed by atoms with Crippen molar-refractivity contribution in [2.75, 3.05) is 37.6 Å². The number of piperidine rings is 1. The van der Waals surface area contributed by atoms with Gasteiger partial charge in [-0.05, 0) is 67.3 Å². The summed E-state index contributed by atoms with van der Waals surface area (Å²) in [5, 5.41) is 4.98. The summed E-state index contributed by atoms with van der Waals surface area (Å²) in [5.74, 6) is -0.139. The minimum Gasteiger partial charge on any atom is -0.370 e. The molecule has 3 aromatic carbocycles. The van der Waals surface area contributed by atoms with Crippen molar-refractivity contribution in [3.63, 3.8) is 0 Å². The second kappa shape index (κ2) is 10.6. The standard InChI is InChI=1S/C27H33N3O3S/c1-3-29(25-10-6-7-21(2)19-25)18-15-28-27(31)23-13-16-30(17-14-23)34(32,33)26-12-11-22-8-4-5-9-24(22)20-26/h4-12,19-20,23H,3,13-18H2,1-2H3,(H,28,31). The third-order valence-corrected chi connectivity index (χ3v) is 8.51. The van der Waals surface area contributed by atoms with E-state index in [0.717, 1.165) is 29.5 Å². The zero-order valence-electron chi connectivity index (χ0n) is 19.9. The third-order valence-electron chi connectivity index (χ3n) is 6.61. The summed E-state index contributed by atoms with van der Waals surface area (Å²) < 4.78 is 27.8. The Morgan fingerprint density at radius 1 is 1.00 bits per heavy atom. The van der Waals surface area contributed by atoms with E-state index in [1.165, 1.54) is 9.87 Å². The van der Waals surface area contributed by atoms with Gasteiger partial charge in [-0.25, -0.2) is 8.42 Å². The summed E-state index contributed by atoms with van der Waals surface area (Å²) in [6, 6.07) is 21.3. The van der Waals surface area contributed by atoms with Crippen molar-refractivity contribution in [1.29, 1.82) is 0 Å². The van der Waals surface area contributed by atoms with Crippen molar-refractivity contribution in [2.24, 2.45) is 5.92 Å². The van der Waals surface area contributed by atoms with Crippen molar-refractivity contribution in [3.8, 4) is 0 Å². The molecule has 0 spiro atoms. The van der Waals surface area contributed by atoms with Crippen molar-refractivity contribution >= 4 is 32.4 Å². The van der Waals surface area contributed by atoms with Crippen LogP contribution in [0.2, 0.25) is 0 Å². The molecule has 4 rings (SSSR count). The van der Waals surface area contributed by atoms with E-state index in [1.807, 2.05) is 36.4 Å². The Morgan fingerprint density at radius 2 is 1.74 bits per heavy atom. The molecular formula is C27H33N3O3S. The normalized spacial score (nSPS) is 15.4. The summed E-state index contributed by atoms with van der Waals surface area (Å²) >= 11 is 0. The molecule has 1 saturated heterocycles. The molecule has 34 heavy (non-hydrogen) atoms. The van der Waals surface area contributed by atoms with E-state index in [-0.39, 0.29) is 11.8 Å². The second-order valence-electron chi connectivity index (χ2n) is 8.90. The van der Waals surface area contributed by atoms with Crippen molar-refractivity contribution < 1.29 is 13.2 Å². The number of aryl methyl sites for hydroxylation is 1. The number of carbonyl (C=O) groups excluding carboxylic acids is 1. The molecule has 180 valence electrons. The summed E-state index contributed by atoms with van der Waals surface area (Å²) in [4.78, 5) is 15.3. The molecule has 0 saturated carbocycles. The molecule has 0 atom stereocenters. The first-order valence-corrected chi connectivity index (χ1v) is 13.4. The molecule has 0 bridgehead atoms. The Morgan fingerprint density at radius 3 is 2.44 bits per heavy atom. The fourth-order valence-corrected chi connectivity index (χ4v) is 6.09. The predicted molar refractivity (Wildman–Crippen MR) is 138 cm³/mol. The summed E-state index contributed by atoms with van der Waals surface area (Å²) in [6.45, 7) is 7.07. The fraction of sp³-hybridized carbons (Fsp3) is 0.370. The molecule has 1 heterocycles. The van der Waals surface area contributed by atoms with Crippen LogP contribution in [-0.2, 0) is 14.8 Å². The summed E-state index contributed by atoms with van der Waals surface area (Å²) in [5.41, 5.74) is 2.37. The molecule has 3 aromatic rings. The maximum atomic E-state index is 13.2. The fourth-order valence-electron chi connectivity index (χ4n) is 4.59. The number of hydrogen-bond donors (Lipinski definition) is 1. The van der Waals surface area contributed by atoms with Gasteiger partial charge in [0.05, 0.1) is 4.90 Å². The monoisotopic (exact) mass is 479 g/mol. The van der Waals surface area contributed by atoms with E-state index < -0.39 is 10.0 Å². The van der Waals surface area contributed by atoms with Crippen LogP contribution in [0.25, 0.3) is 10.8 Å². The molecule has 1 fully saturated rings. The van der Waals surface area contributed by atoms with E-state index in [1.54, 1.807) is 12.1 Å². The first kappa shape index (κ1) is 24.2. The molecule has 1 amide bonds. The van der Waals surface area contributed by atoms with Gasteiger partial charge in [0.15, 0.2) is 0 Å². The Bertz CT molecular complexity index is 1250. The predicted octanol–water partition coefficient (Wildman–Crippen LogP) is 4.19. The number of nitrogens with zero attached hydrogens (tertiary/aromatic N) is 2. The minimum atomic E-state index is -3.57. The van der Waals surface area contributed by atoms with Gasteiger partial charge >= 0.3 is 0 Å². The highest BCUT2D eigenvalue weighted by Gasteiger charge is 2.32. The van der Waals surface area contributed by atoms with E-state index >= 15 is 0 Å². The lowest BCUT2D eigenvalue weighted by atomic mass is 9.97. The molecule has 7 heteroatoms. The van der Waals surface area contributed by atoms with Crippen molar-refractivity contribution in [3.05, 3.63) is 72.3 Å². The Hall–Kier alpha value is -2.90. The molecule has 0 radical (unpaired) electrons. The quantitative estimate of drug-likeness (QED) is 0.526. The molecule has 0 aromatic heterocycles. The number of likely N-dealkylation sites (N-methyl/N-ethyl adjacent to an activating group) is 1. The van der Waals surface area contributed by atoms with E-state index in [4.69, 9.17) is 0 Å². The largest absolute Gasteiger partial charge is 0.370 e. The van der Waals surface area contributed by atoms with E-state index in [0.29, 0.717) is 37.4 Å². The lowest BCUT2D eigenvalue weighted by molar-refractivity contribution is -0.126. The second-order valence-corrected chi connectivity index (χ2v) is 10.8. The Balaban J connectivity index is 1.30. The average Bonchev–Trinajstić information content (AvgIpc) is 2.86. The van der Waals surface area contributed by atoms with E-state index in [9.17, 15) is 13.2 Å². The molecule has 1 aliphatic heterocycles. The van der Waals surface area contributed by atoms with Gasteiger partial charge in [0.25, 0.3) is 0 Å². The smallest absolute Gasteiger partial charge is 0.243 e. The minimum absolute atomic E-state index is 0.0167. The molecule has 0 aliphatic carbocycles. The molecular weight excluding hydrogens is 446 g/mol. The van der Waals surface area contributed by atoms with Crippen LogP contribution < -0.4 is 10.2 Å². The maximum Gasteiger partial charge on any atom is 0.243 e.